The van der Waals surface area contributed by atoms with Crippen molar-refractivity contribution in [1.29, 1.82) is 0 Å². The van der Waals surface area contributed by atoms with E-state index in [0.29, 0.717) is 70.7 Å². The maximum absolute atomic E-state index is 13.7. The highest BCUT2D eigenvalue weighted by atomic mass is 35.5. The molecular formula is C63H99ClN8O17S. The lowest BCUT2D eigenvalue weighted by Gasteiger charge is -2.28. The number of aromatic nitrogens is 1. The van der Waals surface area contributed by atoms with E-state index >= 15 is 0 Å². The van der Waals surface area contributed by atoms with Gasteiger partial charge < -0.3 is 88.7 Å². The Bertz CT molecular complexity index is 2510. The molecule has 1 fully saturated rings. The lowest BCUT2D eigenvalue weighted by molar-refractivity contribution is -0.126. The predicted molar refractivity (Wildman–Crippen MR) is 344 cm³/mol. The fourth-order valence-corrected chi connectivity index (χ4v) is 10.4. The largest absolute Gasteiger partial charge is 0.447 e. The number of anilines is 1. The van der Waals surface area contributed by atoms with Gasteiger partial charge in [0.1, 0.15) is 38.7 Å². The molecule has 1 aromatic carbocycles. The van der Waals surface area contributed by atoms with Crippen molar-refractivity contribution in [2.24, 2.45) is 11.8 Å². The SMILES string of the molecule is CCc1cccc(N(CC)C(=O)Cn2c(C(=O)NCC3CCC(C(=O)NCCCCCCNC(=O)OCCOCCOCCNC(=O)OC/C=C/COC(=O)NCCOCCOCCOC(=O)NCCOCCOCCCCCCCl)CC3)cc3sccc32)c1. The number of thiophene rings is 1. The molecule has 1 saturated carbocycles. The normalized spacial score (nSPS) is 13.8. The van der Waals surface area contributed by atoms with Crippen LogP contribution in [-0.4, -0.2) is 204 Å². The van der Waals surface area contributed by atoms with Crippen LogP contribution in [0.2, 0.25) is 0 Å². The van der Waals surface area contributed by atoms with E-state index in [-0.39, 0.29) is 128 Å². The number of ether oxygens (including phenoxy) is 10. The van der Waals surface area contributed by atoms with Gasteiger partial charge in [-0.15, -0.1) is 22.9 Å². The van der Waals surface area contributed by atoms with Gasteiger partial charge in [-0.3, -0.25) is 14.4 Å². The van der Waals surface area contributed by atoms with Crippen molar-refractivity contribution in [3.63, 3.8) is 0 Å². The zero-order valence-corrected chi connectivity index (χ0v) is 54.4. The Morgan fingerprint density at radius 2 is 1.07 bits per heavy atom. The number of alkyl halides is 1. The van der Waals surface area contributed by atoms with Gasteiger partial charge in [0, 0.05) is 69.9 Å². The third-order valence-corrected chi connectivity index (χ3v) is 15.4. The molecule has 6 N–H and O–H groups in total. The van der Waals surface area contributed by atoms with Crippen molar-refractivity contribution in [1.82, 2.24) is 36.5 Å². The van der Waals surface area contributed by atoms with E-state index in [2.05, 4.69) is 44.9 Å². The van der Waals surface area contributed by atoms with E-state index in [4.69, 9.17) is 59.0 Å². The number of amides is 7. The van der Waals surface area contributed by atoms with Crippen molar-refractivity contribution in [3.8, 4) is 0 Å². The minimum absolute atomic E-state index is 0.0226. The quantitative estimate of drug-likeness (QED) is 0.0135. The van der Waals surface area contributed by atoms with Crippen molar-refractivity contribution >= 4 is 80.9 Å². The summed E-state index contributed by atoms with van der Waals surface area (Å²) < 4.78 is 55.6. The van der Waals surface area contributed by atoms with Crippen LogP contribution in [-0.2, 0) is 69.9 Å². The first-order valence-electron chi connectivity index (χ1n) is 31.8. The van der Waals surface area contributed by atoms with Gasteiger partial charge in [0.2, 0.25) is 11.8 Å². The fourth-order valence-electron chi connectivity index (χ4n) is 9.38. The molecule has 0 saturated heterocycles. The number of hydrogen-bond donors (Lipinski definition) is 6. The summed E-state index contributed by atoms with van der Waals surface area (Å²) in [6, 6.07) is 11.8. The summed E-state index contributed by atoms with van der Waals surface area (Å²) in [6.07, 6.45) is 12.5. The molecule has 506 valence electrons. The number of likely N-dealkylation sites (N-methyl/N-ethyl adjacent to an activating group) is 1. The molecule has 3 aromatic rings. The molecule has 0 aliphatic heterocycles. The Morgan fingerprint density at radius 1 is 0.556 bits per heavy atom. The number of nitrogens with one attached hydrogen (secondary N) is 6. The Morgan fingerprint density at radius 3 is 1.63 bits per heavy atom. The highest BCUT2D eigenvalue weighted by Crippen LogP contribution is 2.30. The lowest BCUT2D eigenvalue weighted by Crippen LogP contribution is -2.37. The lowest BCUT2D eigenvalue weighted by atomic mass is 9.81. The summed E-state index contributed by atoms with van der Waals surface area (Å²) in [7, 11) is 0. The molecule has 90 heavy (non-hydrogen) atoms. The number of carbonyl (C=O) groups is 7. The Kier molecular flexibility index (Phi) is 41.9. The van der Waals surface area contributed by atoms with Gasteiger partial charge in [-0.25, -0.2) is 19.2 Å². The van der Waals surface area contributed by atoms with Crippen LogP contribution in [0.4, 0.5) is 24.9 Å². The van der Waals surface area contributed by atoms with Gasteiger partial charge in [-0.2, -0.15) is 0 Å². The second kappa shape index (κ2) is 49.4. The number of alkyl carbamates (subject to hydrolysis) is 4. The van der Waals surface area contributed by atoms with Crippen LogP contribution in [0.25, 0.3) is 10.2 Å². The minimum Gasteiger partial charge on any atom is -0.447 e. The maximum atomic E-state index is 13.7. The molecule has 2 heterocycles. The number of aryl methyl sites for hydroxylation is 1. The van der Waals surface area contributed by atoms with Crippen molar-refractivity contribution in [3.05, 3.63) is 65.2 Å². The summed E-state index contributed by atoms with van der Waals surface area (Å²) in [5.41, 5.74) is 3.36. The zero-order chi connectivity index (χ0) is 64.5. The monoisotopic (exact) mass is 1310 g/mol. The standard InChI is InChI=1S/C63H99ClN8O17S/c1-3-50-16-15-17-53(46-50)71(4-2)57(73)49-72-54-22-45-90-56(54)47-55(72)59(75)70-48-51-18-20-52(21-19-51)58(74)65-24-10-6-7-11-25-66-60(76)88-43-41-84-39-37-82-32-26-67-61(77)86-30-13-14-31-87-62(78)68-27-33-83-38-40-85-42-44-89-63(79)69-28-34-81-36-35-80-29-12-8-5-9-23-64/h13-17,22,45-47,51-52H,3-12,18-21,23-44,48-49H2,1-2H3,(H,65,74)(H,66,76)(H,67,77)(H,68,78)(H,69,79)(H,70,75)/b14-13+. The first kappa shape index (κ1) is 76.2. The highest BCUT2D eigenvalue weighted by Gasteiger charge is 2.28. The van der Waals surface area contributed by atoms with Crippen LogP contribution >= 0.6 is 22.9 Å². The predicted octanol–water partition coefficient (Wildman–Crippen LogP) is 7.89. The van der Waals surface area contributed by atoms with Crippen molar-refractivity contribution in [2.45, 2.75) is 104 Å². The summed E-state index contributed by atoms with van der Waals surface area (Å²) in [4.78, 5) is 89.6. The molecule has 0 bridgehead atoms. The number of hydrogen-bond acceptors (Lipinski definition) is 18. The van der Waals surface area contributed by atoms with Gasteiger partial charge in [-0.1, -0.05) is 44.7 Å². The fraction of sp³-hybridized carbons (Fsp3) is 0.667. The second-order valence-electron chi connectivity index (χ2n) is 21.0. The molecule has 0 atom stereocenters. The summed E-state index contributed by atoms with van der Waals surface area (Å²) in [5, 5.41) is 18.6. The molecule has 7 amide bonds. The smallest absolute Gasteiger partial charge is 0.407 e. The van der Waals surface area contributed by atoms with Crippen LogP contribution in [0, 0.1) is 11.8 Å². The Balaban J connectivity index is 0.847. The van der Waals surface area contributed by atoms with Crippen LogP contribution in [0.3, 0.4) is 0 Å². The molecule has 2 aromatic heterocycles. The highest BCUT2D eigenvalue weighted by molar-refractivity contribution is 7.17. The van der Waals surface area contributed by atoms with E-state index in [9.17, 15) is 33.6 Å². The van der Waals surface area contributed by atoms with Crippen molar-refractivity contribution in [2.75, 3.05) is 162 Å². The zero-order valence-electron chi connectivity index (χ0n) is 52.8. The average Bonchev–Trinajstić information content (AvgIpc) is 1.92. The molecule has 1 aliphatic carbocycles. The van der Waals surface area contributed by atoms with E-state index < -0.39 is 24.4 Å². The molecule has 1 aliphatic rings. The second-order valence-corrected chi connectivity index (χ2v) is 22.3. The van der Waals surface area contributed by atoms with Gasteiger partial charge in [0.15, 0.2) is 0 Å². The molecule has 0 radical (unpaired) electrons. The first-order chi connectivity index (χ1) is 44.0. The molecule has 27 heteroatoms. The van der Waals surface area contributed by atoms with E-state index in [1.54, 1.807) is 16.2 Å². The van der Waals surface area contributed by atoms with Crippen LogP contribution in [0.5, 0.6) is 0 Å². The molecular weight excluding hydrogens is 1210 g/mol. The van der Waals surface area contributed by atoms with Crippen LogP contribution in [0.15, 0.2) is 53.9 Å². The van der Waals surface area contributed by atoms with Crippen LogP contribution in [0.1, 0.15) is 107 Å². The Labute approximate surface area is 539 Å². The molecule has 25 nitrogen and oxygen atoms in total. The number of carbonyl (C=O) groups excluding carboxylic acids is 7. The van der Waals surface area contributed by atoms with E-state index in [1.165, 1.54) is 12.2 Å². The van der Waals surface area contributed by atoms with Crippen molar-refractivity contribution < 1.29 is 80.9 Å². The third kappa shape index (κ3) is 34.2. The first-order valence-corrected chi connectivity index (χ1v) is 33.3. The van der Waals surface area contributed by atoms with E-state index in [0.717, 1.165) is 105 Å². The Hall–Kier alpha value is -6.26. The number of halogens is 1. The number of fused-ring (bicyclic) bond motifs is 1. The number of nitrogens with zero attached hydrogens (tertiary/aromatic N) is 2. The van der Waals surface area contributed by atoms with Gasteiger partial charge in [-0.05, 0) is 118 Å². The van der Waals surface area contributed by atoms with Gasteiger partial charge in [0.05, 0.1) is 82.9 Å². The summed E-state index contributed by atoms with van der Waals surface area (Å²) in [5.74, 6) is 0.725. The summed E-state index contributed by atoms with van der Waals surface area (Å²) >= 11 is 7.20. The minimum atomic E-state index is -0.635. The molecule has 4 rings (SSSR count). The number of unbranched alkanes of at least 4 members (excludes halogenated alkanes) is 6. The van der Waals surface area contributed by atoms with Gasteiger partial charge in [0.25, 0.3) is 5.91 Å². The van der Waals surface area contributed by atoms with E-state index in [1.807, 2.05) is 47.2 Å². The molecule has 0 spiro atoms. The number of benzene rings is 1. The molecule has 0 unspecified atom stereocenters. The van der Waals surface area contributed by atoms with Crippen LogP contribution < -0.4 is 36.8 Å². The maximum Gasteiger partial charge on any atom is 0.407 e. The number of rotatable bonds is 50. The average molecular weight is 1310 g/mol. The third-order valence-electron chi connectivity index (χ3n) is 14.3. The topological polar surface area (TPSA) is 292 Å². The summed E-state index contributed by atoms with van der Waals surface area (Å²) in [6.45, 7) is 11.1. The van der Waals surface area contributed by atoms with Gasteiger partial charge >= 0.3 is 24.4 Å².